The molecule has 0 saturated carbocycles. The van der Waals surface area contributed by atoms with E-state index in [2.05, 4.69) is 15.6 Å². The van der Waals surface area contributed by atoms with Crippen LogP contribution in [0.5, 0.6) is 5.75 Å². The highest BCUT2D eigenvalue weighted by atomic mass is 35.5. The molecule has 0 aliphatic heterocycles. The molecule has 7 heteroatoms. The summed E-state index contributed by atoms with van der Waals surface area (Å²) in [5.41, 5.74) is 0.977. The first-order valence-electron chi connectivity index (χ1n) is 6.71. The van der Waals surface area contributed by atoms with Crippen LogP contribution in [0.25, 0.3) is 0 Å². The molecule has 0 aliphatic rings. The first-order chi connectivity index (χ1) is 10.2. The number of nitrogens with zero attached hydrogens (tertiary/aromatic N) is 3. The van der Waals surface area contributed by atoms with Crippen LogP contribution in [-0.4, -0.2) is 34.1 Å². The second-order valence-electron chi connectivity index (χ2n) is 4.39. The van der Waals surface area contributed by atoms with Crippen LogP contribution in [-0.2, 0) is 17.8 Å². The fourth-order valence-corrected chi connectivity index (χ4v) is 2.09. The minimum absolute atomic E-state index is 0.111. The molecule has 0 saturated heterocycles. The highest BCUT2D eigenvalue weighted by Crippen LogP contribution is 2.23. The van der Waals surface area contributed by atoms with E-state index in [1.807, 2.05) is 19.1 Å². The maximum Gasteiger partial charge on any atom is 0.241 e. The van der Waals surface area contributed by atoms with Gasteiger partial charge in [0, 0.05) is 17.8 Å². The maximum absolute atomic E-state index is 11.7. The Morgan fingerprint density at radius 3 is 3.05 bits per heavy atom. The van der Waals surface area contributed by atoms with Gasteiger partial charge in [-0.3, -0.25) is 4.79 Å². The lowest BCUT2D eigenvalue weighted by Gasteiger charge is -2.11. The zero-order valence-corrected chi connectivity index (χ0v) is 12.5. The second kappa shape index (κ2) is 7.64. The van der Waals surface area contributed by atoms with Crippen LogP contribution in [0, 0.1) is 0 Å². The Bertz CT molecular complexity index is 587. The van der Waals surface area contributed by atoms with Gasteiger partial charge in [-0.1, -0.05) is 16.8 Å². The number of aromatic nitrogens is 3. The van der Waals surface area contributed by atoms with E-state index < -0.39 is 0 Å². The topological polar surface area (TPSA) is 69.0 Å². The van der Waals surface area contributed by atoms with E-state index in [-0.39, 0.29) is 12.5 Å². The van der Waals surface area contributed by atoms with Crippen molar-refractivity contribution in [2.24, 2.45) is 0 Å². The summed E-state index contributed by atoms with van der Waals surface area (Å²) in [5.74, 6) is 0.688. The molecule has 1 N–H and O–H groups in total. The highest BCUT2D eigenvalue weighted by molar-refractivity contribution is 6.30. The number of hydrogen-bond donors (Lipinski definition) is 1. The summed E-state index contributed by atoms with van der Waals surface area (Å²) in [5, 5.41) is 10.9. The predicted molar refractivity (Wildman–Crippen MR) is 79.4 cm³/mol. The van der Waals surface area contributed by atoms with Crippen molar-refractivity contribution in [3.63, 3.8) is 0 Å². The van der Waals surface area contributed by atoms with Crippen molar-refractivity contribution >= 4 is 17.5 Å². The van der Waals surface area contributed by atoms with Crippen LogP contribution in [0.15, 0.2) is 30.6 Å². The molecular weight excluding hydrogens is 292 g/mol. The van der Waals surface area contributed by atoms with E-state index in [1.165, 1.54) is 10.9 Å². The summed E-state index contributed by atoms with van der Waals surface area (Å²) in [6.07, 6.45) is 3.83. The third-order valence-electron chi connectivity index (χ3n) is 2.82. The number of carbonyl (C=O) groups excluding carboxylic acids is 1. The lowest BCUT2D eigenvalue weighted by Crippen LogP contribution is -2.29. The Morgan fingerprint density at radius 2 is 2.33 bits per heavy atom. The van der Waals surface area contributed by atoms with Crippen LogP contribution in [0.4, 0.5) is 0 Å². The molecule has 2 rings (SSSR count). The predicted octanol–water partition coefficient (Wildman–Crippen LogP) is 1.69. The van der Waals surface area contributed by atoms with Gasteiger partial charge in [0.1, 0.15) is 12.3 Å². The lowest BCUT2D eigenvalue weighted by atomic mass is 10.1. The van der Waals surface area contributed by atoms with Gasteiger partial charge in [0.25, 0.3) is 0 Å². The molecule has 0 atom stereocenters. The molecule has 0 radical (unpaired) electrons. The Morgan fingerprint density at radius 1 is 1.48 bits per heavy atom. The molecule has 0 unspecified atom stereocenters. The van der Waals surface area contributed by atoms with Crippen LogP contribution in [0.2, 0.25) is 5.02 Å². The first-order valence-corrected chi connectivity index (χ1v) is 7.09. The van der Waals surface area contributed by atoms with Gasteiger partial charge in [0.2, 0.25) is 5.91 Å². The molecule has 1 aromatic heterocycles. The van der Waals surface area contributed by atoms with Gasteiger partial charge < -0.3 is 10.1 Å². The molecule has 0 spiro atoms. The van der Waals surface area contributed by atoms with E-state index >= 15 is 0 Å². The molecule has 0 fully saturated rings. The Hall–Kier alpha value is -2.08. The Balaban J connectivity index is 1.85. The molecule has 2 aromatic rings. The van der Waals surface area contributed by atoms with E-state index in [1.54, 1.807) is 12.3 Å². The van der Waals surface area contributed by atoms with Crippen LogP contribution < -0.4 is 10.1 Å². The van der Waals surface area contributed by atoms with Gasteiger partial charge in [0.15, 0.2) is 0 Å². The SMILES string of the molecule is CCOc1ccc(Cl)cc1CCNC(=O)Cn1ccnn1. The van der Waals surface area contributed by atoms with Crippen molar-refractivity contribution in [3.05, 3.63) is 41.2 Å². The zero-order chi connectivity index (χ0) is 15.1. The van der Waals surface area contributed by atoms with Gasteiger partial charge in [-0.2, -0.15) is 0 Å². The summed E-state index contributed by atoms with van der Waals surface area (Å²) >= 11 is 5.99. The average Bonchev–Trinajstić information content (AvgIpc) is 2.94. The molecule has 0 bridgehead atoms. The van der Waals surface area contributed by atoms with Crippen molar-refractivity contribution in [1.82, 2.24) is 20.3 Å². The molecular formula is C14H17ClN4O2. The molecule has 1 amide bonds. The van der Waals surface area contributed by atoms with Crippen molar-refractivity contribution in [3.8, 4) is 5.75 Å². The number of carbonyl (C=O) groups is 1. The smallest absolute Gasteiger partial charge is 0.241 e. The number of hydrogen-bond acceptors (Lipinski definition) is 4. The normalized spacial score (nSPS) is 10.4. The number of ether oxygens (including phenoxy) is 1. The van der Waals surface area contributed by atoms with Gasteiger partial charge >= 0.3 is 0 Å². The summed E-state index contributed by atoms with van der Waals surface area (Å²) in [7, 11) is 0. The number of amides is 1. The minimum atomic E-state index is -0.111. The van der Waals surface area contributed by atoms with Crippen LogP contribution in [0.3, 0.4) is 0 Å². The van der Waals surface area contributed by atoms with E-state index in [4.69, 9.17) is 16.3 Å². The fourth-order valence-electron chi connectivity index (χ4n) is 1.90. The van der Waals surface area contributed by atoms with Gasteiger partial charge in [-0.15, -0.1) is 5.10 Å². The van der Waals surface area contributed by atoms with Crippen molar-refractivity contribution in [2.75, 3.05) is 13.2 Å². The van der Waals surface area contributed by atoms with Crippen LogP contribution in [0.1, 0.15) is 12.5 Å². The van der Waals surface area contributed by atoms with E-state index in [9.17, 15) is 4.79 Å². The lowest BCUT2D eigenvalue weighted by molar-refractivity contribution is -0.121. The van der Waals surface area contributed by atoms with E-state index in [0.29, 0.717) is 24.6 Å². The van der Waals surface area contributed by atoms with Crippen molar-refractivity contribution in [1.29, 1.82) is 0 Å². The zero-order valence-electron chi connectivity index (χ0n) is 11.8. The van der Waals surface area contributed by atoms with Gasteiger partial charge in [0.05, 0.1) is 12.8 Å². The molecule has 21 heavy (non-hydrogen) atoms. The van der Waals surface area contributed by atoms with Crippen molar-refractivity contribution in [2.45, 2.75) is 19.9 Å². The Kier molecular flexibility index (Phi) is 5.57. The number of rotatable bonds is 7. The number of benzene rings is 1. The molecule has 112 valence electrons. The quantitative estimate of drug-likeness (QED) is 0.845. The molecule has 0 aliphatic carbocycles. The molecule has 6 nitrogen and oxygen atoms in total. The first kappa shape index (κ1) is 15.3. The number of nitrogens with one attached hydrogen (secondary N) is 1. The fraction of sp³-hybridized carbons (Fsp3) is 0.357. The second-order valence-corrected chi connectivity index (χ2v) is 4.82. The Labute approximate surface area is 128 Å². The third-order valence-corrected chi connectivity index (χ3v) is 3.05. The largest absolute Gasteiger partial charge is 0.494 e. The summed E-state index contributed by atoms with van der Waals surface area (Å²) in [6, 6.07) is 5.49. The van der Waals surface area contributed by atoms with E-state index in [0.717, 1.165) is 11.3 Å². The standard InChI is InChI=1S/C14H17ClN4O2/c1-2-21-13-4-3-12(15)9-11(13)5-6-16-14(20)10-19-8-7-17-18-19/h3-4,7-9H,2,5-6,10H2,1H3,(H,16,20). The minimum Gasteiger partial charge on any atom is -0.494 e. The molecule has 1 heterocycles. The van der Waals surface area contributed by atoms with Crippen LogP contribution >= 0.6 is 11.6 Å². The van der Waals surface area contributed by atoms with Gasteiger partial charge in [-0.05, 0) is 37.1 Å². The maximum atomic E-state index is 11.7. The summed E-state index contributed by atoms with van der Waals surface area (Å²) < 4.78 is 7.01. The van der Waals surface area contributed by atoms with Gasteiger partial charge in [-0.25, -0.2) is 4.68 Å². The number of halogens is 1. The summed E-state index contributed by atoms with van der Waals surface area (Å²) in [4.78, 5) is 11.7. The third kappa shape index (κ3) is 4.75. The monoisotopic (exact) mass is 308 g/mol. The highest BCUT2D eigenvalue weighted by Gasteiger charge is 2.07. The molecule has 1 aromatic carbocycles. The summed E-state index contributed by atoms with van der Waals surface area (Å²) in [6.45, 7) is 3.19. The average molecular weight is 309 g/mol. The van der Waals surface area contributed by atoms with Crippen molar-refractivity contribution < 1.29 is 9.53 Å².